The summed E-state index contributed by atoms with van der Waals surface area (Å²) in [5.41, 5.74) is 6.03. The summed E-state index contributed by atoms with van der Waals surface area (Å²) in [4.78, 5) is 0. The van der Waals surface area contributed by atoms with Gasteiger partial charge in [0.1, 0.15) is 17.5 Å². The van der Waals surface area contributed by atoms with Crippen LogP contribution in [0.3, 0.4) is 0 Å². The third-order valence-electron chi connectivity index (χ3n) is 3.09. The molecule has 0 fully saturated rings. The first-order chi connectivity index (χ1) is 9.28. The van der Waals surface area contributed by atoms with E-state index in [4.69, 9.17) is 17.3 Å². The van der Waals surface area contributed by atoms with Crippen LogP contribution in [0.1, 0.15) is 18.1 Å². The van der Waals surface area contributed by atoms with Gasteiger partial charge in [0.2, 0.25) is 0 Å². The molecule has 2 rings (SSSR count). The predicted octanol–water partition coefficient (Wildman–Crippen LogP) is 4.17. The van der Waals surface area contributed by atoms with E-state index in [1.807, 2.05) is 0 Å². The Morgan fingerprint density at radius 2 is 1.60 bits per heavy atom. The largest absolute Gasteiger partial charge is 0.321 e. The predicted molar refractivity (Wildman–Crippen MR) is 73.0 cm³/mol. The lowest BCUT2D eigenvalue weighted by molar-refractivity contribution is 0.478. The van der Waals surface area contributed by atoms with Gasteiger partial charge in [-0.1, -0.05) is 17.7 Å². The number of nitrogens with two attached hydrogens (primary N) is 1. The quantitative estimate of drug-likeness (QED) is 0.904. The van der Waals surface area contributed by atoms with Gasteiger partial charge < -0.3 is 5.73 Å². The fraction of sp³-hybridized carbons (Fsp3) is 0.200. The molecule has 1 nitrogen and oxygen atoms in total. The zero-order valence-corrected chi connectivity index (χ0v) is 11.5. The molecule has 0 heterocycles. The average molecular weight is 300 g/mol. The van der Waals surface area contributed by atoms with Crippen LogP contribution in [0.15, 0.2) is 36.4 Å². The molecule has 0 aromatic heterocycles. The molecule has 0 bridgehead atoms. The molecular formula is C15H13ClF3N. The molecule has 5 heteroatoms. The van der Waals surface area contributed by atoms with Crippen LogP contribution in [0.4, 0.5) is 13.2 Å². The molecule has 1 atom stereocenters. The van der Waals surface area contributed by atoms with E-state index in [2.05, 4.69) is 0 Å². The lowest BCUT2D eigenvalue weighted by Gasteiger charge is -2.26. The molecule has 0 spiro atoms. The molecule has 106 valence electrons. The van der Waals surface area contributed by atoms with E-state index >= 15 is 0 Å². The van der Waals surface area contributed by atoms with Gasteiger partial charge in [0.25, 0.3) is 0 Å². The smallest absolute Gasteiger partial charge is 0.126 e. The second kappa shape index (κ2) is 5.46. The highest BCUT2D eigenvalue weighted by Crippen LogP contribution is 2.28. The van der Waals surface area contributed by atoms with Crippen LogP contribution in [0, 0.1) is 17.5 Å². The third kappa shape index (κ3) is 3.32. The summed E-state index contributed by atoms with van der Waals surface area (Å²) in [5.74, 6) is -1.84. The van der Waals surface area contributed by atoms with Gasteiger partial charge in [-0.3, -0.25) is 0 Å². The van der Waals surface area contributed by atoms with Crippen LogP contribution in [-0.4, -0.2) is 0 Å². The first-order valence-electron chi connectivity index (χ1n) is 5.97. The van der Waals surface area contributed by atoms with Crippen LogP contribution in [-0.2, 0) is 12.0 Å². The summed E-state index contributed by atoms with van der Waals surface area (Å²) in [7, 11) is 0. The normalized spacial score (nSPS) is 14.1. The minimum absolute atomic E-state index is 0.231. The molecule has 20 heavy (non-hydrogen) atoms. The average Bonchev–Trinajstić information content (AvgIpc) is 2.31. The van der Waals surface area contributed by atoms with Gasteiger partial charge in [-0.25, -0.2) is 13.2 Å². The third-order valence-corrected chi connectivity index (χ3v) is 3.45. The SMILES string of the molecule is CC(N)(Cc1ccc(F)cc1Cl)c1cc(F)cc(F)c1. The molecule has 0 saturated carbocycles. The van der Waals surface area contributed by atoms with Crippen molar-refractivity contribution in [2.24, 2.45) is 5.73 Å². The van der Waals surface area contributed by atoms with Crippen molar-refractivity contribution in [3.8, 4) is 0 Å². The highest BCUT2D eigenvalue weighted by molar-refractivity contribution is 6.31. The summed E-state index contributed by atoms with van der Waals surface area (Å²) in [6.07, 6.45) is 0.231. The Balaban J connectivity index is 2.34. The second-order valence-corrected chi connectivity index (χ2v) is 5.40. The Hall–Kier alpha value is -1.52. The maximum atomic E-state index is 13.3. The van der Waals surface area contributed by atoms with E-state index in [9.17, 15) is 13.2 Å². The van der Waals surface area contributed by atoms with Gasteiger partial charge >= 0.3 is 0 Å². The molecule has 2 aromatic rings. The van der Waals surface area contributed by atoms with Crippen molar-refractivity contribution >= 4 is 11.6 Å². The minimum atomic E-state index is -1.02. The van der Waals surface area contributed by atoms with Crippen LogP contribution >= 0.6 is 11.6 Å². The summed E-state index contributed by atoms with van der Waals surface area (Å²) in [6, 6.07) is 7.10. The molecular weight excluding hydrogens is 287 g/mol. The van der Waals surface area contributed by atoms with E-state index in [0.29, 0.717) is 11.1 Å². The summed E-state index contributed by atoms with van der Waals surface area (Å²) in [5, 5.41) is 0.235. The Kier molecular flexibility index (Phi) is 4.06. The standard InChI is InChI=1S/C15H13ClF3N/c1-15(20,10-4-12(18)6-13(19)5-10)8-9-2-3-11(17)7-14(9)16/h2-7H,8,20H2,1H3. The van der Waals surface area contributed by atoms with Gasteiger partial charge in [-0.2, -0.15) is 0 Å². The maximum absolute atomic E-state index is 13.3. The molecule has 0 aliphatic rings. The van der Waals surface area contributed by atoms with E-state index < -0.39 is 23.0 Å². The Morgan fingerprint density at radius 1 is 1.00 bits per heavy atom. The van der Waals surface area contributed by atoms with Crippen LogP contribution in [0.2, 0.25) is 5.02 Å². The molecule has 0 amide bonds. The number of benzene rings is 2. The van der Waals surface area contributed by atoms with Crippen LogP contribution in [0.5, 0.6) is 0 Å². The van der Waals surface area contributed by atoms with Crippen LogP contribution < -0.4 is 5.73 Å². The summed E-state index contributed by atoms with van der Waals surface area (Å²) < 4.78 is 39.5. The second-order valence-electron chi connectivity index (χ2n) is 4.99. The fourth-order valence-electron chi connectivity index (χ4n) is 2.05. The lowest BCUT2D eigenvalue weighted by Crippen LogP contribution is -2.35. The lowest BCUT2D eigenvalue weighted by atomic mass is 9.86. The van der Waals surface area contributed by atoms with Crippen LogP contribution in [0.25, 0.3) is 0 Å². The summed E-state index contributed by atoms with van der Waals surface area (Å²) >= 11 is 5.94. The maximum Gasteiger partial charge on any atom is 0.126 e. The Bertz CT molecular complexity index is 621. The highest BCUT2D eigenvalue weighted by atomic mass is 35.5. The van der Waals surface area contributed by atoms with Crippen molar-refractivity contribution < 1.29 is 13.2 Å². The first kappa shape index (κ1) is 14.9. The Morgan fingerprint density at radius 3 is 2.15 bits per heavy atom. The monoisotopic (exact) mass is 299 g/mol. The molecule has 0 aliphatic heterocycles. The van der Waals surface area contributed by atoms with Gasteiger partial charge in [0.15, 0.2) is 0 Å². The number of hydrogen-bond donors (Lipinski definition) is 1. The molecule has 0 radical (unpaired) electrons. The number of hydrogen-bond acceptors (Lipinski definition) is 1. The molecule has 2 N–H and O–H groups in total. The minimum Gasteiger partial charge on any atom is -0.321 e. The molecule has 1 unspecified atom stereocenters. The van der Waals surface area contributed by atoms with Gasteiger partial charge in [-0.05, 0) is 48.7 Å². The highest BCUT2D eigenvalue weighted by Gasteiger charge is 2.24. The number of rotatable bonds is 3. The van der Waals surface area contributed by atoms with Crippen molar-refractivity contribution in [3.05, 3.63) is 70.0 Å². The zero-order valence-electron chi connectivity index (χ0n) is 10.8. The van der Waals surface area contributed by atoms with Crippen molar-refractivity contribution in [3.63, 3.8) is 0 Å². The Labute approximate surface area is 120 Å². The van der Waals surface area contributed by atoms with E-state index in [-0.39, 0.29) is 11.4 Å². The van der Waals surface area contributed by atoms with Crippen molar-refractivity contribution in [1.29, 1.82) is 0 Å². The van der Waals surface area contributed by atoms with E-state index in [1.165, 1.54) is 30.3 Å². The topological polar surface area (TPSA) is 26.0 Å². The van der Waals surface area contributed by atoms with Gasteiger partial charge in [-0.15, -0.1) is 0 Å². The van der Waals surface area contributed by atoms with Gasteiger partial charge in [0.05, 0.1) is 0 Å². The van der Waals surface area contributed by atoms with Gasteiger partial charge in [0, 0.05) is 16.6 Å². The van der Waals surface area contributed by atoms with E-state index in [1.54, 1.807) is 6.92 Å². The molecule has 0 aliphatic carbocycles. The van der Waals surface area contributed by atoms with Crippen molar-refractivity contribution in [2.75, 3.05) is 0 Å². The molecule has 0 saturated heterocycles. The van der Waals surface area contributed by atoms with Crippen molar-refractivity contribution in [1.82, 2.24) is 0 Å². The number of halogens is 4. The van der Waals surface area contributed by atoms with E-state index in [0.717, 1.165) is 6.07 Å². The fourth-order valence-corrected chi connectivity index (χ4v) is 2.28. The zero-order chi connectivity index (χ0) is 14.9. The first-order valence-corrected chi connectivity index (χ1v) is 6.35. The summed E-state index contributed by atoms with van der Waals surface area (Å²) in [6.45, 7) is 1.64. The van der Waals surface area contributed by atoms with Crippen molar-refractivity contribution in [2.45, 2.75) is 18.9 Å². The molecule has 2 aromatic carbocycles.